The summed E-state index contributed by atoms with van der Waals surface area (Å²) in [6.07, 6.45) is 1.44. The van der Waals surface area contributed by atoms with Gasteiger partial charge in [0.05, 0.1) is 17.2 Å². The molecule has 1 saturated carbocycles. The zero-order chi connectivity index (χ0) is 23.5. The van der Waals surface area contributed by atoms with Crippen molar-refractivity contribution in [3.63, 3.8) is 0 Å². The number of hydrogen-bond donors (Lipinski definition) is 2. The Labute approximate surface area is 193 Å². The highest BCUT2D eigenvalue weighted by molar-refractivity contribution is 6.30. The molecule has 3 aromatic rings. The first-order valence-corrected chi connectivity index (χ1v) is 10.6. The summed E-state index contributed by atoms with van der Waals surface area (Å²) in [4.78, 5) is 49.4. The van der Waals surface area contributed by atoms with Crippen LogP contribution in [0.25, 0.3) is 5.69 Å². The minimum atomic E-state index is -0.827. The lowest BCUT2D eigenvalue weighted by atomic mass is 10.0. The van der Waals surface area contributed by atoms with E-state index in [1.807, 2.05) is 0 Å². The molecular weight excluding hydrogens is 449 g/mol. The minimum absolute atomic E-state index is 0.0242. The molecule has 33 heavy (non-hydrogen) atoms. The van der Waals surface area contributed by atoms with Crippen LogP contribution >= 0.6 is 11.6 Å². The van der Waals surface area contributed by atoms with Gasteiger partial charge in [0.1, 0.15) is 11.6 Å². The second-order valence-corrected chi connectivity index (χ2v) is 8.14. The maximum atomic E-state index is 14.7. The number of ketones is 1. The Balaban J connectivity index is 1.49. The first kappa shape index (κ1) is 22.4. The quantitative estimate of drug-likeness (QED) is 0.601. The Hall–Kier alpha value is -3.78. The van der Waals surface area contributed by atoms with Gasteiger partial charge < -0.3 is 10.6 Å². The number of nitrogens with one attached hydrogen (secondary N) is 2. The minimum Gasteiger partial charge on any atom is -0.348 e. The summed E-state index contributed by atoms with van der Waals surface area (Å²) in [5.41, 5.74) is 0.185. The van der Waals surface area contributed by atoms with E-state index in [0.717, 1.165) is 6.07 Å². The molecule has 2 N–H and O–H groups in total. The van der Waals surface area contributed by atoms with Gasteiger partial charge >= 0.3 is 0 Å². The van der Waals surface area contributed by atoms with E-state index in [9.17, 15) is 23.6 Å². The number of rotatable bonds is 5. The molecule has 2 aromatic carbocycles. The molecule has 0 bridgehead atoms. The van der Waals surface area contributed by atoms with Crippen molar-refractivity contribution >= 4 is 34.9 Å². The fourth-order valence-corrected chi connectivity index (χ4v) is 3.90. The molecule has 1 aromatic heterocycles. The zero-order valence-corrected chi connectivity index (χ0v) is 18.0. The molecule has 0 saturated heterocycles. The van der Waals surface area contributed by atoms with Crippen LogP contribution in [0.4, 0.5) is 10.1 Å². The summed E-state index contributed by atoms with van der Waals surface area (Å²) in [6.45, 7) is 0. The van der Waals surface area contributed by atoms with Crippen molar-refractivity contribution in [1.29, 1.82) is 0 Å². The molecule has 1 aliphatic rings. The third kappa shape index (κ3) is 5.01. The van der Waals surface area contributed by atoms with Gasteiger partial charge in [0, 0.05) is 41.9 Å². The molecular formula is C24H19ClFN3O4. The second kappa shape index (κ2) is 9.38. The van der Waals surface area contributed by atoms with Gasteiger partial charge in [0.15, 0.2) is 0 Å². The van der Waals surface area contributed by atoms with Crippen LogP contribution in [0.3, 0.4) is 0 Å². The van der Waals surface area contributed by atoms with Gasteiger partial charge in [-0.1, -0.05) is 17.7 Å². The molecule has 1 fully saturated rings. The van der Waals surface area contributed by atoms with Crippen molar-refractivity contribution in [3.8, 4) is 5.69 Å². The Kier molecular flexibility index (Phi) is 6.37. The number of amides is 2. The monoisotopic (exact) mass is 467 g/mol. The molecule has 4 rings (SSSR count). The SMILES string of the molecule is O=C1C[C@H](C(=O)Nc2ccc(Cl)cc2)[C@H](NC(=O)c2ccc(-n3ccccc3=O)cc2F)C1. The van der Waals surface area contributed by atoms with Gasteiger partial charge in [-0.3, -0.25) is 23.7 Å². The lowest BCUT2D eigenvalue weighted by Gasteiger charge is -2.20. The van der Waals surface area contributed by atoms with Gasteiger partial charge in [-0.2, -0.15) is 0 Å². The lowest BCUT2D eigenvalue weighted by Crippen LogP contribution is -2.42. The molecule has 1 heterocycles. The summed E-state index contributed by atoms with van der Waals surface area (Å²) in [6, 6.07) is 14.0. The van der Waals surface area contributed by atoms with Gasteiger partial charge in [0.2, 0.25) is 5.91 Å². The van der Waals surface area contributed by atoms with Crippen molar-refractivity contribution in [2.24, 2.45) is 5.92 Å². The summed E-state index contributed by atoms with van der Waals surface area (Å²) in [5.74, 6) is -2.96. The first-order valence-electron chi connectivity index (χ1n) is 10.2. The molecule has 2 atom stereocenters. The van der Waals surface area contributed by atoms with E-state index in [1.54, 1.807) is 36.4 Å². The highest BCUT2D eigenvalue weighted by atomic mass is 35.5. The van der Waals surface area contributed by atoms with Gasteiger partial charge in [-0.15, -0.1) is 0 Å². The van der Waals surface area contributed by atoms with Crippen LogP contribution in [0.15, 0.2) is 71.7 Å². The first-order chi connectivity index (χ1) is 15.8. The van der Waals surface area contributed by atoms with Crippen LogP contribution in [-0.4, -0.2) is 28.2 Å². The number of aromatic nitrogens is 1. The van der Waals surface area contributed by atoms with E-state index in [4.69, 9.17) is 11.6 Å². The molecule has 168 valence electrons. The zero-order valence-electron chi connectivity index (χ0n) is 17.3. The summed E-state index contributed by atoms with van der Waals surface area (Å²) in [7, 11) is 0. The third-order valence-corrected chi connectivity index (χ3v) is 5.70. The van der Waals surface area contributed by atoms with Crippen molar-refractivity contribution in [1.82, 2.24) is 9.88 Å². The highest BCUT2D eigenvalue weighted by Gasteiger charge is 2.39. The Morgan fingerprint density at radius 2 is 1.76 bits per heavy atom. The van der Waals surface area contributed by atoms with Crippen LogP contribution < -0.4 is 16.2 Å². The standard InChI is InChI=1S/C24H19ClFN3O4/c25-14-4-6-15(7-5-14)27-24(33)19-12-17(30)13-21(19)28-23(32)18-9-8-16(11-20(18)26)29-10-2-1-3-22(29)31/h1-11,19,21H,12-13H2,(H,27,33)(H,28,32)/t19-,21+/m0/s1. The number of halogens is 2. The number of benzene rings is 2. The molecule has 0 radical (unpaired) electrons. The fraction of sp³-hybridized carbons (Fsp3) is 0.167. The van der Waals surface area contributed by atoms with Crippen LogP contribution in [0.2, 0.25) is 5.02 Å². The van der Waals surface area contributed by atoms with Gasteiger partial charge in [0.25, 0.3) is 11.5 Å². The Morgan fingerprint density at radius 3 is 2.45 bits per heavy atom. The smallest absolute Gasteiger partial charge is 0.255 e. The average Bonchev–Trinajstić information content (AvgIpc) is 3.15. The molecule has 0 aliphatic heterocycles. The number of hydrogen-bond acceptors (Lipinski definition) is 4. The predicted octanol–water partition coefficient (Wildman–Crippen LogP) is 3.35. The largest absolute Gasteiger partial charge is 0.348 e. The summed E-state index contributed by atoms with van der Waals surface area (Å²) >= 11 is 5.85. The number of carbonyl (C=O) groups is 3. The van der Waals surface area contributed by atoms with Crippen molar-refractivity contribution < 1.29 is 18.8 Å². The van der Waals surface area contributed by atoms with E-state index in [0.29, 0.717) is 10.7 Å². The molecule has 0 spiro atoms. The normalized spacial score (nSPS) is 17.6. The van der Waals surface area contributed by atoms with Gasteiger partial charge in [-0.05, 0) is 48.5 Å². The maximum Gasteiger partial charge on any atom is 0.255 e. The molecule has 1 aliphatic carbocycles. The van der Waals surface area contributed by atoms with Crippen LogP contribution in [0.1, 0.15) is 23.2 Å². The van der Waals surface area contributed by atoms with Crippen molar-refractivity contribution in [2.75, 3.05) is 5.32 Å². The van der Waals surface area contributed by atoms with Crippen molar-refractivity contribution in [2.45, 2.75) is 18.9 Å². The number of carbonyl (C=O) groups excluding carboxylic acids is 3. The van der Waals surface area contributed by atoms with E-state index in [-0.39, 0.29) is 35.4 Å². The molecule has 0 unspecified atom stereocenters. The van der Waals surface area contributed by atoms with E-state index in [1.165, 1.54) is 29.0 Å². The number of pyridine rings is 1. The fourth-order valence-electron chi connectivity index (χ4n) is 3.78. The van der Waals surface area contributed by atoms with Crippen molar-refractivity contribution in [3.05, 3.63) is 93.6 Å². The van der Waals surface area contributed by atoms with Crippen LogP contribution in [0.5, 0.6) is 0 Å². The Bertz CT molecular complexity index is 1290. The summed E-state index contributed by atoms with van der Waals surface area (Å²) < 4.78 is 16.0. The molecule has 7 nitrogen and oxygen atoms in total. The topological polar surface area (TPSA) is 97.3 Å². The molecule has 2 amide bonds. The number of Topliss-reactive ketones (excluding diaryl/α,β-unsaturated/α-hetero) is 1. The van der Waals surface area contributed by atoms with Crippen LogP contribution in [-0.2, 0) is 9.59 Å². The predicted molar refractivity (Wildman–Crippen MR) is 121 cm³/mol. The lowest BCUT2D eigenvalue weighted by molar-refractivity contribution is -0.122. The maximum absolute atomic E-state index is 14.7. The third-order valence-electron chi connectivity index (χ3n) is 5.44. The second-order valence-electron chi connectivity index (χ2n) is 7.70. The van der Waals surface area contributed by atoms with E-state index in [2.05, 4.69) is 10.6 Å². The highest BCUT2D eigenvalue weighted by Crippen LogP contribution is 2.26. The van der Waals surface area contributed by atoms with E-state index >= 15 is 0 Å². The molecule has 9 heteroatoms. The van der Waals surface area contributed by atoms with Gasteiger partial charge in [-0.25, -0.2) is 4.39 Å². The number of nitrogens with zero attached hydrogens (tertiary/aromatic N) is 1. The average molecular weight is 468 g/mol. The van der Waals surface area contributed by atoms with E-state index < -0.39 is 29.6 Å². The van der Waals surface area contributed by atoms with Crippen LogP contribution in [0, 0.1) is 11.7 Å². The number of anilines is 1. The summed E-state index contributed by atoms with van der Waals surface area (Å²) in [5, 5.41) is 5.84. The Morgan fingerprint density at radius 1 is 1.00 bits per heavy atom.